The van der Waals surface area contributed by atoms with E-state index in [9.17, 15) is 9.59 Å². The number of amides is 1. The highest BCUT2D eigenvalue weighted by Gasteiger charge is 2.17. The van der Waals surface area contributed by atoms with Crippen molar-refractivity contribution in [1.82, 2.24) is 5.32 Å². The van der Waals surface area contributed by atoms with Gasteiger partial charge in [-0.3, -0.25) is 4.79 Å². The van der Waals surface area contributed by atoms with Crippen molar-refractivity contribution >= 4 is 24.5 Å². The highest BCUT2D eigenvalue weighted by Crippen LogP contribution is 1.95. The Labute approximate surface area is 76.8 Å². The molecule has 1 amide bonds. The van der Waals surface area contributed by atoms with Gasteiger partial charge in [-0.05, 0) is 12.2 Å². The fourth-order valence-corrected chi connectivity index (χ4v) is 0.941. The molecular formula is C7H13NO3S. The van der Waals surface area contributed by atoms with Crippen LogP contribution in [0.4, 0.5) is 0 Å². The van der Waals surface area contributed by atoms with Crippen molar-refractivity contribution in [3.63, 3.8) is 0 Å². The maximum atomic E-state index is 10.8. The summed E-state index contributed by atoms with van der Waals surface area (Å²) in [4.78, 5) is 21.3. The number of hydrogen-bond donors (Lipinski definition) is 3. The predicted octanol–water partition coefficient (Wildman–Crippen LogP) is 0.286. The number of rotatable bonds is 5. The number of carboxylic acids is 1. The molecule has 0 saturated carbocycles. The van der Waals surface area contributed by atoms with Crippen LogP contribution >= 0.6 is 12.6 Å². The highest BCUT2D eigenvalue weighted by atomic mass is 32.1. The number of carbonyl (C=O) groups is 2. The van der Waals surface area contributed by atoms with E-state index in [-0.39, 0.29) is 5.91 Å². The smallest absolute Gasteiger partial charge is 0.326 e. The number of carboxylic acid groups (broad SMARTS) is 1. The van der Waals surface area contributed by atoms with E-state index in [2.05, 4.69) is 17.9 Å². The van der Waals surface area contributed by atoms with E-state index in [0.29, 0.717) is 18.6 Å². The molecule has 12 heavy (non-hydrogen) atoms. The number of aliphatic carboxylic acids is 1. The van der Waals surface area contributed by atoms with Crippen molar-refractivity contribution in [2.75, 3.05) is 5.75 Å². The lowest BCUT2D eigenvalue weighted by Gasteiger charge is -2.11. The third-order valence-corrected chi connectivity index (χ3v) is 1.63. The maximum absolute atomic E-state index is 10.8. The molecule has 0 fully saturated rings. The Morgan fingerprint density at radius 3 is 2.50 bits per heavy atom. The molecule has 0 saturated heterocycles. The second kappa shape index (κ2) is 5.88. The number of carbonyl (C=O) groups excluding carboxylic acids is 1. The fraction of sp³-hybridized carbons (Fsp3) is 0.714. The van der Waals surface area contributed by atoms with Gasteiger partial charge in [0.1, 0.15) is 6.04 Å². The van der Waals surface area contributed by atoms with Gasteiger partial charge in [-0.1, -0.05) is 6.92 Å². The van der Waals surface area contributed by atoms with Gasteiger partial charge in [0.05, 0.1) is 0 Å². The molecule has 5 heteroatoms. The van der Waals surface area contributed by atoms with Crippen LogP contribution in [0, 0.1) is 0 Å². The van der Waals surface area contributed by atoms with Crippen LogP contribution in [-0.2, 0) is 9.59 Å². The molecule has 0 aliphatic heterocycles. The topological polar surface area (TPSA) is 66.4 Å². The summed E-state index contributed by atoms with van der Waals surface area (Å²) in [5.41, 5.74) is 0. The first-order chi connectivity index (χ1) is 5.61. The number of thiol groups is 1. The van der Waals surface area contributed by atoms with Gasteiger partial charge in [0.15, 0.2) is 0 Å². The van der Waals surface area contributed by atoms with Crippen LogP contribution in [0.5, 0.6) is 0 Å². The minimum Gasteiger partial charge on any atom is -0.480 e. The van der Waals surface area contributed by atoms with Crippen LogP contribution in [0.3, 0.4) is 0 Å². The third-order valence-electron chi connectivity index (χ3n) is 1.37. The molecule has 70 valence electrons. The van der Waals surface area contributed by atoms with Gasteiger partial charge in [0, 0.05) is 6.42 Å². The van der Waals surface area contributed by atoms with E-state index in [0.717, 1.165) is 0 Å². The summed E-state index contributed by atoms with van der Waals surface area (Å²) in [7, 11) is 0. The Bertz CT molecular complexity index is 170. The summed E-state index contributed by atoms with van der Waals surface area (Å²) < 4.78 is 0. The summed E-state index contributed by atoms with van der Waals surface area (Å²) >= 11 is 3.89. The van der Waals surface area contributed by atoms with Crippen molar-refractivity contribution in [1.29, 1.82) is 0 Å². The number of hydrogen-bond acceptors (Lipinski definition) is 3. The molecule has 0 aromatic carbocycles. The third kappa shape index (κ3) is 4.23. The van der Waals surface area contributed by atoms with Gasteiger partial charge in [0.2, 0.25) is 5.91 Å². The molecule has 0 aliphatic rings. The molecule has 0 rings (SSSR count). The lowest BCUT2D eigenvalue weighted by atomic mass is 10.2. The molecule has 0 aromatic rings. The lowest BCUT2D eigenvalue weighted by molar-refractivity contribution is -0.141. The number of nitrogens with one attached hydrogen (secondary N) is 1. The zero-order valence-corrected chi connectivity index (χ0v) is 7.80. The Hall–Kier alpha value is -0.710. The second-order valence-corrected chi connectivity index (χ2v) is 2.77. The molecule has 0 radical (unpaired) electrons. The quantitative estimate of drug-likeness (QED) is 0.547. The van der Waals surface area contributed by atoms with Crippen LogP contribution in [0.1, 0.15) is 19.8 Å². The zero-order valence-electron chi connectivity index (χ0n) is 6.91. The fourth-order valence-electron chi connectivity index (χ4n) is 0.683. The monoisotopic (exact) mass is 191 g/mol. The van der Waals surface area contributed by atoms with E-state index < -0.39 is 12.0 Å². The molecule has 0 bridgehead atoms. The standard InChI is InChI=1S/C7H13NO3S/c1-2-6(9)8-5(3-4-12)7(10)11/h5,12H,2-4H2,1H3,(H,8,9)(H,10,11)/t5-/m0/s1. The summed E-state index contributed by atoms with van der Waals surface area (Å²) in [5, 5.41) is 11.0. The first-order valence-corrected chi connectivity index (χ1v) is 4.38. The molecular weight excluding hydrogens is 178 g/mol. The van der Waals surface area contributed by atoms with Crippen molar-refractivity contribution < 1.29 is 14.7 Å². The molecule has 0 unspecified atom stereocenters. The van der Waals surface area contributed by atoms with Crippen LogP contribution in [0.15, 0.2) is 0 Å². The minimum atomic E-state index is -1.01. The van der Waals surface area contributed by atoms with Crippen LogP contribution in [0.2, 0.25) is 0 Å². The largest absolute Gasteiger partial charge is 0.480 e. The van der Waals surface area contributed by atoms with Crippen molar-refractivity contribution in [2.45, 2.75) is 25.8 Å². The van der Waals surface area contributed by atoms with Gasteiger partial charge in [-0.25, -0.2) is 4.79 Å². The molecule has 0 aliphatic carbocycles. The highest BCUT2D eigenvalue weighted by molar-refractivity contribution is 7.80. The summed E-state index contributed by atoms with van der Waals surface area (Å²) in [5.74, 6) is -0.809. The Morgan fingerprint density at radius 1 is 1.58 bits per heavy atom. The van der Waals surface area contributed by atoms with E-state index in [1.54, 1.807) is 6.92 Å². The average Bonchev–Trinajstić information content (AvgIpc) is 2.03. The summed E-state index contributed by atoms with van der Waals surface area (Å²) in [6.07, 6.45) is 0.653. The van der Waals surface area contributed by atoms with Gasteiger partial charge in [-0.2, -0.15) is 12.6 Å². The van der Waals surface area contributed by atoms with Crippen molar-refractivity contribution in [2.24, 2.45) is 0 Å². The molecule has 0 aromatic heterocycles. The van der Waals surface area contributed by atoms with E-state index in [1.165, 1.54) is 0 Å². The molecule has 0 spiro atoms. The Kier molecular flexibility index (Phi) is 5.53. The van der Waals surface area contributed by atoms with E-state index >= 15 is 0 Å². The van der Waals surface area contributed by atoms with Crippen LogP contribution in [0.25, 0.3) is 0 Å². The SMILES string of the molecule is CCC(=O)N[C@@H](CCS)C(=O)O. The van der Waals surface area contributed by atoms with Gasteiger partial charge < -0.3 is 10.4 Å². The maximum Gasteiger partial charge on any atom is 0.326 e. The lowest BCUT2D eigenvalue weighted by Crippen LogP contribution is -2.40. The Balaban J connectivity index is 3.95. The molecule has 0 heterocycles. The first-order valence-electron chi connectivity index (χ1n) is 3.74. The van der Waals surface area contributed by atoms with Crippen molar-refractivity contribution in [3.8, 4) is 0 Å². The van der Waals surface area contributed by atoms with Crippen LogP contribution in [-0.4, -0.2) is 28.8 Å². The second-order valence-electron chi connectivity index (χ2n) is 2.32. The zero-order chi connectivity index (χ0) is 9.56. The predicted molar refractivity (Wildman–Crippen MR) is 48.3 cm³/mol. The molecule has 4 nitrogen and oxygen atoms in total. The molecule has 1 atom stereocenters. The summed E-state index contributed by atoms with van der Waals surface area (Å²) in [6, 6.07) is -0.796. The van der Waals surface area contributed by atoms with Gasteiger partial charge in [0.25, 0.3) is 0 Å². The van der Waals surface area contributed by atoms with Gasteiger partial charge in [-0.15, -0.1) is 0 Å². The van der Waals surface area contributed by atoms with Gasteiger partial charge >= 0.3 is 5.97 Å². The average molecular weight is 191 g/mol. The minimum absolute atomic E-state index is 0.246. The molecule has 2 N–H and O–H groups in total. The van der Waals surface area contributed by atoms with Crippen LogP contribution < -0.4 is 5.32 Å². The van der Waals surface area contributed by atoms with Crippen molar-refractivity contribution in [3.05, 3.63) is 0 Å². The van der Waals surface area contributed by atoms with E-state index in [4.69, 9.17) is 5.11 Å². The van der Waals surface area contributed by atoms with E-state index in [1.807, 2.05) is 0 Å². The summed E-state index contributed by atoms with van der Waals surface area (Å²) in [6.45, 7) is 1.68. The Morgan fingerprint density at radius 2 is 2.17 bits per heavy atom. The normalized spacial score (nSPS) is 12.2. The first kappa shape index (κ1) is 11.3.